The molecule has 0 saturated carbocycles. The van der Waals surface area contributed by atoms with Crippen molar-refractivity contribution in [3.63, 3.8) is 0 Å². The van der Waals surface area contributed by atoms with Crippen molar-refractivity contribution >= 4 is 12.0 Å². The highest BCUT2D eigenvalue weighted by Crippen LogP contribution is 2.14. The van der Waals surface area contributed by atoms with Gasteiger partial charge in [0.2, 0.25) is 0 Å². The molecule has 0 aliphatic rings. The van der Waals surface area contributed by atoms with Gasteiger partial charge in [0.1, 0.15) is 19.0 Å². The molecule has 1 rings (SSSR count). The van der Waals surface area contributed by atoms with E-state index in [1.54, 1.807) is 24.3 Å². The van der Waals surface area contributed by atoms with Crippen LogP contribution >= 0.6 is 0 Å². The Bertz CT molecular complexity index is 432. The van der Waals surface area contributed by atoms with E-state index in [4.69, 9.17) is 9.84 Å². The van der Waals surface area contributed by atoms with Crippen LogP contribution in [0.4, 0.5) is 8.78 Å². The number of alkyl halides is 2. The van der Waals surface area contributed by atoms with E-state index in [1.165, 1.54) is 6.08 Å². The minimum absolute atomic E-state index is 0.0690. The van der Waals surface area contributed by atoms with Crippen LogP contribution in [0.3, 0.4) is 0 Å². The molecule has 19 heavy (non-hydrogen) atoms. The number of ether oxygens (including phenoxy) is 2. The summed E-state index contributed by atoms with van der Waals surface area (Å²) in [5, 5.41) is 8.49. The smallest absolute Gasteiger partial charge is 0.328 e. The van der Waals surface area contributed by atoms with Gasteiger partial charge < -0.3 is 14.6 Å². The Morgan fingerprint density at radius 3 is 2.84 bits per heavy atom. The lowest BCUT2D eigenvalue weighted by Gasteiger charge is -2.07. The molecular formula is C13H14F2O4. The molecule has 0 spiro atoms. The van der Waals surface area contributed by atoms with Crippen LogP contribution in [0.25, 0.3) is 6.08 Å². The number of hydrogen-bond acceptors (Lipinski definition) is 3. The van der Waals surface area contributed by atoms with Crippen LogP contribution in [0.5, 0.6) is 5.75 Å². The van der Waals surface area contributed by atoms with Gasteiger partial charge >= 0.3 is 5.97 Å². The average Bonchev–Trinajstić information content (AvgIpc) is 2.36. The van der Waals surface area contributed by atoms with Gasteiger partial charge in [0.05, 0.1) is 6.61 Å². The molecule has 0 amide bonds. The number of halogens is 2. The maximum Gasteiger partial charge on any atom is 0.328 e. The molecule has 0 aliphatic heterocycles. The summed E-state index contributed by atoms with van der Waals surface area (Å²) in [6, 6.07) is 6.76. The number of hydrogen-bond donors (Lipinski definition) is 1. The SMILES string of the molecule is O=C(O)/C=C/c1cccc(OCCOCC(F)F)c1. The molecule has 0 heterocycles. The summed E-state index contributed by atoms with van der Waals surface area (Å²) in [5.41, 5.74) is 0.674. The Balaban J connectivity index is 2.38. The average molecular weight is 272 g/mol. The van der Waals surface area contributed by atoms with E-state index in [9.17, 15) is 13.6 Å². The van der Waals surface area contributed by atoms with E-state index in [2.05, 4.69) is 4.74 Å². The standard InChI is InChI=1S/C13H14F2O4/c14-12(15)9-18-6-7-19-11-3-1-2-10(8-11)4-5-13(16)17/h1-5,8,12H,6-7,9H2,(H,16,17)/b5-4+. The van der Waals surface area contributed by atoms with E-state index in [0.717, 1.165) is 6.08 Å². The third-order valence-electron chi connectivity index (χ3n) is 2.02. The topological polar surface area (TPSA) is 55.8 Å². The molecule has 0 aromatic heterocycles. The highest BCUT2D eigenvalue weighted by Gasteiger charge is 2.01. The molecule has 6 heteroatoms. The Hall–Kier alpha value is -1.95. The number of carboxylic acids is 1. The van der Waals surface area contributed by atoms with Crippen molar-refractivity contribution in [1.82, 2.24) is 0 Å². The third-order valence-corrected chi connectivity index (χ3v) is 2.02. The molecule has 1 aromatic carbocycles. The van der Waals surface area contributed by atoms with Crippen LogP contribution in [0.15, 0.2) is 30.3 Å². The number of benzene rings is 1. The second-order valence-electron chi connectivity index (χ2n) is 3.56. The van der Waals surface area contributed by atoms with Crippen molar-refractivity contribution in [2.24, 2.45) is 0 Å². The third kappa shape index (κ3) is 7.15. The Labute approximate surface area is 109 Å². The van der Waals surface area contributed by atoms with Crippen LogP contribution in [0.1, 0.15) is 5.56 Å². The van der Waals surface area contributed by atoms with E-state index in [1.807, 2.05) is 0 Å². The fourth-order valence-electron chi connectivity index (χ4n) is 1.27. The van der Waals surface area contributed by atoms with Gasteiger partial charge in [-0.1, -0.05) is 12.1 Å². The normalized spacial score (nSPS) is 11.1. The van der Waals surface area contributed by atoms with Crippen LogP contribution in [0.2, 0.25) is 0 Å². The Morgan fingerprint density at radius 2 is 2.16 bits per heavy atom. The van der Waals surface area contributed by atoms with Crippen LogP contribution in [-0.4, -0.2) is 37.3 Å². The number of carboxylic acid groups (broad SMARTS) is 1. The molecule has 104 valence electrons. The first-order chi connectivity index (χ1) is 9.08. The maximum atomic E-state index is 11.8. The van der Waals surface area contributed by atoms with Crippen molar-refractivity contribution in [2.75, 3.05) is 19.8 Å². The predicted octanol–water partition coefficient (Wildman–Crippen LogP) is 2.44. The second kappa shape index (κ2) is 8.20. The summed E-state index contributed by atoms with van der Waals surface area (Å²) >= 11 is 0. The van der Waals surface area contributed by atoms with Gasteiger partial charge in [-0.3, -0.25) is 0 Å². The summed E-state index contributed by atoms with van der Waals surface area (Å²) in [7, 11) is 0. The van der Waals surface area contributed by atoms with Gasteiger partial charge in [-0.05, 0) is 23.8 Å². The van der Waals surface area contributed by atoms with Crippen molar-refractivity contribution in [3.8, 4) is 5.75 Å². The first-order valence-corrected chi connectivity index (χ1v) is 5.57. The molecule has 4 nitrogen and oxygen atoms in total. The van der Waals surface area contributed by atoms with Crippen LogP contribution in [-0.2, 0) is 9.53 Å². The molecule has 0 saturated heterocycles. The lowest BCUT2D eigenvalue weighted by molar-refractivity contribution is -0.131. The molecule has 0 radical (unpaired) electrons. The molecule has 1 aromatic rings. The molecule has 0 unspecified atom stereocenters. The van der Waals surface area contributed by atoms with Crippen LogP contribution < -0.4 is 4.74 Å². The molecule has 0 aliphatic carbocycles. The molecule has 0 atom stereocenters. The molecular weight excluding hydrogens is 258 g/mol. The van der Waals surface area contributed by atoms with Gasteiger partial charge in [0.15, 0.2) is 0 Å². The zero-order valence-corrected chi connectivity index (χ0v) is 10.1. The minimum atomic E-state index is -2.48. The minimum Gasteiger partial charge on any atom is -0.491 e. The first kappa shape index (κ1) is 15.1. The van der Waals surface area contributed by atoms with Crippen molar-refractivity contribution in [3.05, 3.63) is 35.9 Å². The van der Waals surface area contributed by atoms with Gasteiger partial charge in [-0.15, -0.1) is 0 Å². The molecule has 1 N–H and O–H groups in total. The van der Waals surface area contributed by atoms with Gasteiger partial charge in [0, 0.05) is 6.08 Å². The summed E-state index contributed by atoms with van der Waals surface area (Å²) < 4.78 is 33.5. The highest BCUT2D eigenvalue weighted by molar-refractivity contribution is 5.85. The lowest BCUT2D eigenvalue weighted by Crippen LogP contribution is -2.11. The second-order valence-corrected chi connectivity index (χ2v) is 3.56. The van der Waals surface area contributed by atoms with E-state index in [-0.39, 0.29) is 13.2 Å². The van der Waals surface area contributed by atoms with E-state index < -0.39 is 19.0 Å². The first-order valence-electron chi connectivity index (χ1n) is 5.57. The summed E-state index contributed by atoms with van der Waals surface area (Å²) in [5.74, 6) is -0.514. The molecule has 0 bridgehead atoms. The number of aliphatic carboxylic acids is 1. The quantitative estimate of drug-likeness (QED) is 0.583. The van der Waals surface area contributed by atoms with Crippen molar-refractivity contribution in [1.29, 1.82) is 0 Å². The fourth-order valence-corrected chi connectivity index (χ4v) is 1.27. The fraction of sp³-hybridized carbons (Fsp3) is 0.308. The Morgan fingerprint density at radius 1 is 1.37 bits per heavy atom. The van der Waals surface area contributed by atoms with Gasteiger partial charge in [0.25, 0.3) is 6.43 Å². The number of rotatable bonds is 8. The van der Waals surface area contributed by atoms with E-state index >= 15 is 0 Å². The zero-order valence-electron chi connectivity index (χ0n) is 10.1. The van der Waals surface area contributed by atoms with Crippen molar-refractivity contribution < 1.29 is 28.2 Å². The maximum absolute atomic E-state index is 11.8. The summed E-state index contributed by atoms with van der Waals surface area (Å²) in [6.45, 7) is -0.386. The van der Waals surface area contributed by atoms with E-state index in [0.29, 0.717) is 11.3 Å². The zero-order chi connectivity index (χ0) is 14.1. The monoisotopic (exact) mass is 272 g/mol. The molecule has 0 fully saturated rings. The Kier molecular flexibility index (Phi) is 6.52. The predicted molar refractivity (Wildman–Crippen MR) is 65.4 cm³/mol. The summed E-state index contributed by atoms with van der Waals surface area (Å²) in [4.78, 5) is 10.4. The summed E-state index contributed by atoms with van der Waals surface area (Å²) in [6.07, 6.45) is -0.0302. The van der Waals surface area contributed by atoms with Crippen LogP contribution in [0, 0.1) is 0 Å². The van der Waals surface area contributed by atoms with Gasteiger partial charge in [-0.2, -0.15) is 0 Å². The number of carbonyl (C=O) groups is 1. The van der Waals surface area contributed by atoms with Gasteiger partial charge in [-0.25, -0.2) is 13.6 Å². The van der Waals surface area contributed by atoms with Crippen molar-refractivity contribution in [2.45, 2.75) is 6.43 Å². The highest BCUT2D eigenvalue weighted by atomic mass is 19.3. The lowest BCUT2D eigenvalue weighted by atomic mass is 10.2. The largest absolute Gasteiger partial charge is 0.491 e.